The second-order valence-corrected chi connectivity index (χ2v) is 5.64. The van der Waals surface area contributed by atoms with E-state index in [1.807, 2.05) is 6.92 Å². The van der Waals surface area contributed by atoms with Crippen LogP contribution in [0.5, 0.6) is 0 Å². The van der Waals surface area contributed by atoms with Gasteiger partial charge in [-0.25, -0.2) is 0 Å². The lowest BCUT2D eigenvalue weighted by Crippen LogP contribution is -2.17. The molecule has 1 unspecified atom stereocenters. The third-order valence-corrected chi connectivity index (χ3v) is 3.70. The van der Waals surface area contributed by atoms with Crippen molar-refractivity contribution in [2.24, 2.45) is 0 Å². The highest BCUT2D eigenvalue weighted by molar-refractivity contribution is 9.10. The summed E-state index contributed by atoms with van der Waals surface area (Å²) in [5, 5.41) is 0. The molecule has 0 spiro atoms. The van der Waals surface area contributed by atoms with Crippen LogP contribution in [0.4, 0.5) is 13.2 Å². The van der Waals surface area contributed by atoms with Crippen LogP contribution in [-0.2, 0) is 17.4 Å². The van der Waals surface area contributed by atoms with Gasteiger partial charge >= 0.3 is 6.18 Å². The molecule has 5 heteroatoms. The zero-order valence-electron chi connectivity index (χ0n) is 10.9. The van der Waals surface area contributed by atoms with Crippen molar-refractivity contribution in [2.75, 3.05) is 0 Å². The maximum Gasteiger partial charge on any atom is 0.416 e. The Labute approximate surface area is 119 Å². The molecular weight excluding hydrogens is 321 g/mol. The van der Waals surface area contributed by atoms with Gasteiger partial charge in [-0.2, -0.15) is 13.2 Å². The largest absolute Gasteiger partial charge is 0.416 e. The normalized spacial score (nSPS) is 13.4. The molecule has 0 bridgehead atoms. The predicted octanol–water partition coefficient (Wildman–Crippen LogP) is 4.69. The highest BCUT2D eigenvalue weighted by Gasteiger charge is 2.32. The molecule has 0 amide bonds. The molecular formula is C14H16BrF3O. The van der Waals surface area contributed by atoms with E-state index in [1.165, 1.54) is 13.0 Å². The van der Waals surface area contributed by atoms with E-state index < -0.39 is 16.6 Å². The lowest BCUT2D eigenvalue weighted by molar-refractivity contribution is -0.138. The van der Waals surface area contributed by atoms with Crippen LogP contribution in [0, 0.1) is 6.92 Å². The van der Waals surface area contributed by atoms with Gasteiger partial charge in [-0.15, -0.1) is 0 Å². The van der Waals surface area contributed by atoms with Crippen molar-refractivity contribution in [3.05, 3.63) is 34.9 Å². The average molecular weight is 337 g/mol. The van der Waals surface area contributed by atoms with Crippen molar-refractivity contribution in [1.82, 2.24) is 0 Å². The summed E-state index contributed by atoms with van der Waals surface area (Å²) in [6, 6.07) is 4.21. The summed E-state index contributed by atoms with van der Waals surface area (Å²) in [7, 11) is 0. The molecule has 0 fully saturated rings. The monoisotopic (exact) mass is 336 g/mol. The quantitative estimate of drug-likeness (QED) is 0.713. The first-order valence-electron chi connectivity index (χ1n) is 6.09. The van der Waals surface area contributed by atoms with E-state index >= 15 is 0 Å². The van der Waals surface area contributed by atoms with E-state index in [2.05, 4.69) is 15.9 Å². The van der Waals surface area contributed by atoms with Crippen molar-refractivity contribution in [3.8, 4) is 0 Å². The summed E-state index contributed by atoms with van der Waals surface area (Å²) in [4.78, 5) is 11.2. The number of rotatable bonds is 5. The Balaban J connectivity index is 2.89. The minimum atomic E-state index is -4.35. The number of hydrogen-bond donors (Lipinski definition) is 0. The summed E-state index contributed by atoms with van der Waals surface area (Å²) >= 11 is 3.24. The van der Waals surface area contributed by atoms with Crippen molar-refractivity contribution >= 4 is 21.7 Å². The van der Waals surface area contributed by atoms with Crippen LogP contribution in [0.2, 0.25) is 0 Å². The van der Waals surface area contributed by atoms with Gasteiger partial charge < -0.3 is 0 Å². The van der Waals surface area contributed by atoms with E-state index in [4.69, 9.17) is 0 Å². The highest BCUT2D eigenvalue weighted by Crippen LogP contribution is 2.32. The first-order valence-corrected chi connectivity index (χ1v) is 7.00. The number of alkyl halides is 4. The van der Waals surface area contributed by atoms with Crippen molar-refractivity contribution in [3.63, 3.8) is 0 Å². The van der Waals surface area contributed by atoms with Gasteiger partial charge in [-0.1, -0.05) is 35.0 Å². The molecule has 0 heterocycles. The number of ketones is 1. The van der Waals surface area contributed by atoms with Gasteiger partial charge in [0.2, 0.25) is 0 Å². The van der Waals surface area contributed by atoms with E-state index in [1.54, 1.807) is 6.07 Å². The van der Waals surface area contributed by atoms with E-state index in [0.29, 0.717) is 12.0 Å². The fraction of sp³-hybridized carbons (Fsp3) is 0.500. The van der Waals surface area contributed by atoms with Gasteiger partial charge in [0.25, 0.3) is 0 Å². The van der Waals surface area contributed by atoms with Crippen molar-refractivity contribution in [2.45, 2.75) is 44.1 Å². The molecule has 106 valence electrons. The molecule has 0 saturated carbocycles. The number of benzene rings is 1. The number of Topliss-reactive ketones (excluding diaryl/α,β-unsaturated/α-hetero) is 1. The van der Waals surface area contributed by atoms with Crippen LogP contribution in [0.3, 0.4) is 0 Å². The Bertz CT molecular complexity index is 454. The molecule has 1 atom stereocenters. The molecule has 1 nitrogen and oxygen atoms in total. The maximum absolute atomic E-state index is 12.8. The van der Waals surface area contributed by atoms with Crippen molar-refractivity contribution in [1.29, 1.82) is 0 Å². The Morgan fingerprint density at radius 1 is 1.37 bits per heavy atom. The summed E-state index contributed by atoms with van der Waals surface area (Å²) in [6.45, 7) is 3.33. The van der Waals surface area contributed by atoms with Gasteiger partial charge in [-0.05, 0) is 37.0 Å². The fourth-order valence-corrected chi connectivity index (χ4v) is 2.43. The van der Waals surface area contributed by atoms with Crippen LogP contribution in [0.15, 0.2) is 18.2 Å². The molecule has 1 aromatic carbocycles. The van der Waals surface area contributed by atoms with E-state index in [-0.39, 0.29) is 17.8 Å². The van der Waals surface area contributed by atoms with Crippen LogP contribution >= 0.6 is 15.9 Å². The average Bonchev–Trinajstić information content (AvgIpc) is 2.30. The standard InChI is InChI=1S/C14H16BrF3O/c1-3-4-13(19)12(15)8-10-6-5-9(2)11(7-10)14(16,17)18/h5-7,12H,3-4,8H2,1-2H3. The first-order chi connectivity index (χ1) is 8.75. The number of carbonyl (C=O) groups is 1. The Morgan fingerprint density at radius 3 is 2.53 bits per heavy atom. The van der Waals surface area contributed by atoms with Gasteiger partial charge in [-0.3, -0.25) is 4.79 Å². The molecule has 0 saturated heterocycles. The van der Waals surface area contributed by atoms with Crippen LogP contribution < -0.4 is 0 Å². The second-order valence-electron chi connectivity index (χ2n) is 4.54. The first kappa shape index (κ1) is 16.2. The molecule has 1 rings (SSSR count). The lowest BCUT2D eigenvalue weighted by atomic mass is 10.00. The SMILES string of the molecule is CCCC(=O)C(Br)Cc1ccc(C)c(C(F)(F)F)c1. The number of carbonyl (C=O) groups excluding carboxylic acids is 1. The highest BCUT2D eigenvalue weighted by atomic mass is 79.9. The van der Waals surface area contributed by atoms with Crippen LogP contribution in [0.1, 0.15) is 36.5 Å². The number of halogens is 4. The number of aryl methyl sites for hydroxylation is 1. The van der Waals surface area contributed by atoms with E-state index in [9.17, 15) is 18.0 Å². The fourth-order valence-electron chi connectivity index (χ4n) is 1.83. The van der Waals surface area contributed by atoms with Gasteiger partial charge in [0.15, 0.2) is 0 Å². The Kier molecular flexibility index (Phi) is 5.59. The van der Waals surface area contributed by atoms with Crippen LogP contribution in [-0.4, -0.2) is 10.6 Å². The third-order valence-electron chi connectivity index (χ3n) is 2.87. The molecule has 19 heavy (non-hydrogen) atoms. The smallest absolute Gasteiger partial charge is 0.298 e. The molecule has 0 aliphatic heterocycles. The van der Waals surface area contributed by atoms with Gasteiger partial charge in [0.1, 0.15) is 5.78 Å². The zero-order chi connectivity index (χ0) is 14.6. The molecule has 0 radical (unpaired) electrons. The Hall–Kier alpha value is -0.840. The maximum atomic E-state index is 12.8. The van der Waals surface area contributed by atoms with Crippen molar-refractivity contribution < 1.29 is 18.0 Å². The van der Waals surface area contributed by atoms with Crippen LogP contribution in [0.25, 0.3) is 0 Å². The summed E-state index contributed by atoms with van der Waals surface area (Å²) in [5.74, 6) is 0.0247. The molecule has 0 aromatic heterocycles. The van der Waals surface area contributed by atoms with Gasteiger partial charge in [0, 0.05) is 6.42 Å². The molecule has 0 aliphatic rings. The molecule has 0 N–H and O–H groups in total. The Morgan fingerprint density at radius 2 is 2.00 bits per heavy atom. The lowest BCUT2D eigenvalue weighted by Gasteiger charge is -2.13. The topological polar surface area (TPSA) is 17.1 Å². The second kappa shape index (κ2) is 6.55. The molecule has 0 aliphatic carbocycles. The predicted molar refractivity (Wildman–Crippen MR) is 72.5 cm³/mol. The third kappa shape index (κ3) is 4.64. The summed E-state index contributed by atoms with van der Waals surface area (Å²) < 4.78 is 38.3. The summed E-state index contributed by atoms with van der Waals surface area (Å²) in [6.07, 6.45) is -2.89. The minimum absolute atomic E-state index is 0.0247. The van der Waals surface area contributed by atoms with E-state index in [0.717, 1.165) is 12.5 Å². The number of hydrogen-bond acceptors (Lipinski definition) is 1. The summed E-state index contributed by atoms with van der Waals surface area (Å²) in [5.41, 5.74) is 0.0825. The zero-order valence-corrected chi connectivity index (χ0v) is 12.4. The molecule has 1 aromatic rings. The minimum Gasteiger partial charge on any atom is -0.298 e. The van der Waals surface area contributed by atoms with Gasteiger partial charge in [0.05, 0.1) is 10.4 Å².